The maximum absolute atomic E-state index is 12.4. The third kappa shape index (κ3) is 4.50. The predicted molar refractivity (Wildman–Crippen MR) is 124 cm³/mol. The highest BCUT2D eigenvalue weighted by atomic mass is 16.6. The molecule has 1 saturated heterocycles. The largest absolute Gasteiger partial charge is 0.463 e. The molecule has 2 aromatic heterocycles. The number of ether oxygens (including phenoxy) is 2. The molecule has 1 aliphatic heterocycles. The Kier molecular flexibility index (Phi) is 6.89. The van der Waals surface area contributed by atoms with Crippen molar-refractivity contribution in [1.29, 1.82) is 0 Å². The van der Waals surface area contributed by atoms with E-state index in [2.05, 4.69) is 15.1 Å². The highest BCUT2D eigenvalue weighted by molar-refractivity contribution is 5.75. The summed E-state index contributed by atoms with van der Waals surface area (Å²) in [6.45, 7) is -0.269. The van der Waals surface area contributed by atoms with Crippen LogP contribution in [0.4, 0.5) is 5.82 Å². The Labute approximate surface area is 196 Å². The molecule has 6 N–H and O–H groups in total. The molecule has 3 heterocycles. The van der Waals surface area contributed by atoms with Crippen molar-refractivity contribution >= 4 is 23.5 Å². The number of aromatic nitrogens is 3. The summed E-state index contributed by atoms with van der Waals surface area (Å²) in [6, 6.07) is 12.5. The minimum Gasteiger partial charge on any atom is -0.463 e. The molecule has 11 heteroatoms. The van der Waals surface area contributed by atoms with E-state index in [0.29, 0.717) is 17.6 Å². The van der Waals surface area contributed by atoms with E-state index in [0.717, 1.165) is 5.56 Å². The SMILES string of the molecule is CN=C[C@@]1(c2ccc3c(N)ncnn23)O[C@H](COC(=O)C[C@@H](N)Cc2ccccc2)[C@@H](O)[C@H]1O. The normalized spacial score (nSPS) is 25.7. The van der Waals surface area contributed by atoms with Gasteiger partial charge in [-0.2, -0.15) is 5.10 Å². The van der Waals surface area contributed by atoms with Crippen LogP contribution in [-0.2, 0) is 26.3 Å². The first-order chi connectivity index (χ1) is 16.4. The average Bonchev–Trinajstić information content (AvgIpc) is 3.35. The van der Waals surface area contributed by atoms with E-state index in [1.165, 1.54) is 24.1 Å². The van der Waals surface area contributed by atoms with Crippen molar-refractivity contribution in [1.82, 2.24) is 14.6 Å². The predicted octanol–water partition coefficient (Wildman–Crippen LogP) is -0.169. The molecule has 0 saturated carbocycles. The van der Waals surface area contributed by atoms with E-state index in [1.54, 1.807) is 12.1 Å². The van der Waals surface area contributed by atoms with Crippen LogP contribution >= 0.6 is 0 Å². The smallest absolute Gasteiger partial charge is 0.307 e. The minimum atomic E-state index is -1.54. The van der Waals surface area contributed by atoms with Gasteiger partial charge in [0.15, 0.2) is 11.4 Å². The molecular formula is C23H28N6O5. The number of hydrogen-bond donors (Lipinski definition) is 4. The van der Waals surface area contributed by atoms with Crippen LogP contribution in [-0.4, -0.2) is 75.0 Å². The number of nitrogen functional groups attached to an aromatic ring is 1. The lowest BCUT2D eigenvalue weighted by molar-refractivity contribution is -0.150. The maximum atomic E-state index is 12.4. The van der Waals surface area contributed by atoms with Crippen molar-refractivity contribution in [2.75, 3.05) is 19.4 Å². The summed E-state index contributed by atoms with van der Waals surface area (Å²) in [4.78, 5) is 20.3. The number of rotatable bonds is 8. The molecular weight excluding hydrogens is 440 g/mol. The fourth-order valence-corrected chi connectivity index (χ4v) is 4.24. The summed E-state index contributed by atoms with van der Waals surface area (Å²) in [5.74, 6) is -0.278. The van der Waals surface area contributed by atoms with E-state index in [4.69, 9.17) is 20.9 Å². The molecule has 0 radical (unpaired) electrons. The Balaban J connectivity index is 1.46. The number of fused-ring (bicyclic) bond motifs is 1. The molecule has 1 aliphatic rings. The van der Waals surface area contributed by atoms with Gasteiger partial charge in [-0.25, -0.2) is 9.50 Å². The highest BCUT2D eigenvalue weighted by Gasteiger charge is 2.56. The first kappa shape index (κ1) is 23.8. The van der Waals surface area contributed by atoms with E-state index in [-0.39, 0.29) is 18.8 Å². The van der Waals surface area contributed by atoms with Crippen LogP contribution in [0.25, 0.3) is 5.52 Å². The standard InChI is InChI=1S/C23H28N6O5/c1-26-12-23(18-8-7-16-22(25)27-13-28-29(16)18)21(32)20(31)17(34-23)11-33-19(30)10-15(24)9-14-5-3-2-4-6-14/h2-8,12-13,15,17,20-21,31-32H,9-11,24H2,1H3,(H2,25,27,28)/t15-,17+,20+,21+,23-/m0/s1. The average molecular weight is 469 g/mol. The number of carbonyl (C=O) groups excluding carboxylic acids is 1. The number of aliphatic hydroxyl groups excluding tert-OH is 2. The number of hydrogen-bond acceptors (Lipinski definition) is 10. The minimum absolute atomic E-state index is 0.00135. The molecule has 34 heavy (non-hydrogen) atoms. The molecule has 5 atom stereocenters. The quantitative estimate of drug-likeness (QED) is 0.259. The number of benzene rings is 1. The number of aliphatic hydroxyl groups is 2. The van der Waals surface area contributed by atoms with Gasteiger partial charge in [-0.15, -0.1) is 0 Å². The summed E-state index contributed by atoms with van der Waals surface area (Å²) in [6.07, 6.45) is -0.576. The number of carbonyl (C=O) groups is 1. The van der Waals surface area contributed by atoms with Crippen molar-refractivity contribution in [3.05, 3.63) is 60.0 Å². The zero-order chi connectivity index (χ0) is 24.3. The van der Waals surface area contributed by atoms with Gasteiger partial charge in [0.2, 0.25) is 0 Å². The van der Waals surface area contributed by atoms with Crippen molar-refractivity contribution < 1.29 is 24.5 Å². The second-order valence-corrected chi connectivity index (χ2v) is 8.27. The Morgan fingerprint density at radius 3 is 2.82 bits per heavy atom. The van der Waals surface area contributed by atoms with Crippen LogP contribution in [0.1, 0.15) is 17.7 Å². The van der Waals surface area contributed by atoms with Gasteiger partial charge in [-0.1, -0.05) is 30.3 Å². The van der Waals surface area contributed by atoms with Gasteiger partial charge >= 0.3 is 5.97 Å². The van der Waals surface area contributed by atoms with Crippen LogP contribution < -0.4 is 11.5 Å². The molecule has 1 aromatic carbocycles. The molecule has 0 bridgehead atoms. The Hall–Kier alpha value is -3.38. The van der Waals surface area contributed by atoms with Gasteiger partial charge < -0.3 is 31.2 Å². The molecule has 3 aromatic rings. The first-order valence-corrected chi connectivity index (χ1v) is 10.9. The van der Waals surface area contributed by atoms with Crippen LogP contribution in [0, 0.1) is 0 Å². The van der Waals surface area contributed by atoms with Crippen LogP contribution in [0.3, 0.4) is 0 Å². The number of aliphatic imine (C=N–C) groups is 1. The summed E-state index contributed by atoms with van der Waals surface area (Å²) in [5, 5.41) is 25.9. The lowest BCUT2D eigenvalue weighted by Crippen LogP contribution is -2.43. The Bertz CT molecular complexity index is 1170. The van der Waals surface area contributed by atoms with E-state index >= 15 is 0 Å². The van der Waals surface area contributed by atoms with Gasteiger partial charge in [0.05, 0.1) is 12.1 Å². The Morgan fingerprint density at radius 2 is 2.09 bits per heavy atom. The Morgan fingerprint density at radius 1 is 1.32 bits per heavy atom. The fourth-order valence-electron chi connectivity index (χ4n) is 4.24. The topological polar surface area (TPSA) is 171 Å². The van der Waals surface area contributed by atoms with Gasteiger partial charge in [0.25, 0.3) is 0 Å². The lowest BCUT2D eigenvalue weighted by atomic mass is 9.92. The van der Waals surface area contributed by atoms with E-state index < -0.39 is 35.9 Å². The molecule has 0 unspecified atom stereocenters. The van der Waals surface area contributed by atoms with Crippen LogP contribution in [0.2, 0.25) is 0 Å². The van der Waals surface area contributed by atoms with Gasteiger partial charge in [0.1, 0.15) is 36.8 Å². The number of nitrogens with zero attached hydrogens (tertiary/aromatic N) is 4. The first-order valence-electron chi connectivity index (χ1n) is 10.9. The second kappa shape index (κ2) is 9.85. The molecule has 180 valence electrons. The zero-order valence-corrected chi connectivity index (χ0v) is 18.7. The zero-order valence-electron chi connectivity index (χ0n) is 18.7. The summed E-state index contributed by atoms with van der Waals surface area (Å²) >= 11 is 0. The highest BCUT2D eigenvalue weighted by Crippen LogP contribution is 2.39. The second-order valence-electron chi connectivity index (χ2n) is 8.27. The summed E-state index contributed by atoms with van der Waals surface area (Å²) in [5.41, 5.74) is 12.4. The third-order valence-electron chi connectivity index (χ3n) is 5.87. The number of anilines is 1. The van der Waals surface area contributed by atoms with Gasteiger partial charge in [-0.3, -0.25) is 9.79 Å². The molecule has 1 fully saturated rings. The van der Waals surface area contributed by atoms with Crippen LogP contribution in [0.15, 0.2) is 53.8 Å². The summed E-state index contributed by atoms with van der Waals surface area (Å²) < 4.78 is 12.9. The number of nitrogens with two attached hydrogens (primary N) is 2. The van der Waals surface area contributed by atoms with Crippen molar-refractivity contribution in [3.63, 3.8) is 0 Å². The maximum Gasteiger partial charge on any atom is 0.307 e. The van der Waals surface area contributed by atoms with E-state index in [1.807, 2.05) is 30.3 Å². The van der Waals surface area contributed by atoms with Gasteiger partial charge in [0, 0.05) is 19.3 Å². The van der Waals surface area contributed by atoms with Crippen molar-refractivity contribution in [2.45, 2.75) is 42.8 Å². The molecule has 0 aliphatic carbocycles. The van der Waals surface area contributed by atoms with Crippen molar-refractivity contribution in [2.24, 2.45) is 10.7 Å². The van der Waals surface area contributed by atoms with E-state index in [9.17, 15) is 15.0 Å². The third-order valence-corrected chi connectivity index (χ3v) is 5.87. The summed E-state index contributed by atoms with van der Waals surface area (Å²) in [7, 11) is 1.52. The molecule has 11 nitrogen and oxygen atoms in total. The fraction of sp³-hybridized carbons (Fsp3) is 0.391. The lowest BCUT2D eigenvalue weighted by Gasteiger charge is -2.27. The molecule has 0 spiro atoms. The molecule has 0 amide bonds. The van der Waals surface area contributed by atoms with Crippen molar-refractivity contribution in [3.8, 4) is 0 Å². The van der Waals surface area contributed by atoms with Gasteiger partial charge in [-0.05, 0) is 24.1 Å². The molecule has 4 rings (SSSR count). The number of esters is 1. The van der Waals surface area contributed by atoms with Crippen LogP contribution in [0.5, 0.6) is 0 Å². The monoisotopic (exact) mass is 468 g/mol.